The van der Waals surface area contributed by atoms with E-state index in [1.54, 1.807) is 36.4 Å². The van der Waals surface area contributed by atoms with Crippen LogP contribution >= 0.6 is 35.4 Å². The zero-order valence-corrected chi connectivity index (χ0v) is 17.1. The second-order valence-electron chi connectivity index (χ2n) is 6.06. The molecule has 1 aromatic heterocycles. The fourth-order valence-electron chi connectivity index (χ4n) is 2.64. The summed E-state index contributed by atoms with van der Waals surface area (Å²) in [5.74, 6) is -0.355. The predicted molar refractivity (Wildman–Crippen MR) is 119 cm³/mol. The van der Waals surface area contributed by atoms with E-state index in [0.29, 0.717) is 32.3 Å². The first-order chi connectivity index (χ1) is 14.0. The van der Waals surface area contributed by atoms with Crippen LogP contribution in [-0.4, -0.2) is 26.0 Å². The van der Waals surface area contributed by atoms with Crippen molar-refractivity contribution in [2.24, 2.45) is 0 Å². The second-order valence-corrected chi connectivity index (χ2v) is 7.31. The summed E-state index contributed by atoms with van der Waals surface area (Å²) in [6.07, 6.45) is 0. The fourth-order valence-corrected chi connectivity index (χ4v) is 3.17. The highest BCUT2D eigenvalue weighted by atomic mass is 35.5. The average Bonchev–Trinajstić information content (AvgIpc) is 3.12. The van der Waals surface area contributed by atoms with Gasteiger partial charge in [-0.1, -0.05) is 41.4 Å². The van der Waals surface area contributed by atoms with Crippen molar-refractivity contribution in [2.45, 2.75) is 0 Å². The Kier molecular flexibility index (Phi) is 5.44. The third kappa shape index (κ3) is 4.37. The number of thiocarbonyl (C=S) groups is 1. The lowest BCUT2D eigenvalue weighted by molar-refractivity contribution is 0.0977. The average molecular weight is 442 g/mol. The van der Waals surface area contributed by atoms with E-state index in [-0.39, 0.29) is 11.0 Å². The lowest BCUT2D eigenvalue weighted by Crippen LogP contribution is -2.34. The molecule has 3 aromatic carbocycles. The van der Waals surface area contributed by atoms with Crippen LogP contribution in [0.15, 0.2) is 66.7 Å². The summed E-state index contributed by atoms with van der Waals surface area (Å²) in [5.41, 5.74) is 3.06. The van der Waals surface area contributed by atoms with Crippen LogP contribution in [0.4, 0.5) is 5.69 Å². The number of rotatable bonds is 3. The SMILES string of the molecule is O=C(NC(=S)Nc1cc2nn(-c3ccccc3)nc2cc1Cl)c1ccc(Cl)cc1. The Morgan fingerprint density at radius 1 is 0.931 bits per heavy atom. The molecule has 0 spiro atoms. The topological polar surface area (TPSA) is 71.8 Å². The molecule has 6 nitrogen and oxygen atoms in total. The van der Waals surface area contributed by atoms with Crippen molar-refractivity contribution < 1.29 is 4.79 Å². The van der Waals surface area contributed by atoms with Crippen molar-refractivity contribution in [3.05, 3.63) is 82.3 Å². The Hall–Kier alpha value is -3.00. The molecule has 0 saturated carbocycles. The summed E-state index contributed by atoms with van der Waals surface area (Å²) in [6.45, 7) is 0. The molecule has 0 saturated heterocycles. The molecule has 0 radical (unpaired) electrons. The van der Waals surface area contributed by atoms with E-state index < -0.39 is 0 Å². The Labute approximate surface area is 181 Å². The van der Waals surface area contributed by atoms with Crippen LogP contribution in [0, 0.1) is 0 Å². The number of hydrogen-bond donors (Lipinski definition) is 2. The number of aromatic nitrogens is 3. The summed E-state index contributed by atoms with van der Waals surface area (Å²) in [5, 5.41) is 15.5. The van der Waals surface area contributed by atoms with E-state index in [9.17, 15) is 4.79 Å². The van der Waals surface area contributed by atoms with Crippen LogP contribution in [0.1, 0.15) is 10.4 Å². The molecule has 1 amide bonds. The number of para-hydroxylation sites is 1. The molecular weight excluding hydrogens is 429 g/mol. The first kappa shape index (κ1) is 19.3. The molecule has 4 rings (SSSR count). The lowest BCUT2D eigenvalue weighted by atomic mass is 10.2. The summed E-state index contributed by atoms with van der Waals surface area (Å²) in [6, 6.07) is 19.5. The lowest BCUT2D eigenvalue weighted by Gasteiger charge is -2.11. The maximum absolute atomic E-state index is 12.3. The second kappa shape index (κ2) is 8.16. The molecular formula is C20H13Cl2N5OS. The monoisotopic (exact) mass is 441 g/mol. The Morgan fingerprint density at radius 3 is 2.28 bits per heavy atom. The molecule has 1 heterocycles. The van der Waals surface area contributed by atoms with Crippen LogP contribution in [0.2, 0.25) is 10.0 Å². The quantitative estimate of drug-likeness (QED) is 0.444. The first-order valence-corrected chi connectivity index (χ1v) is 9.66. The van der Waals surface area contributed by atoms with Crippen LogP contribution in [0.5, 0.6) is 0 Å². The van der Waals surface area contributed by atoms with Gasteiger partial charge in [0.1, 0.15) is 11.0 Å². The summed E-state index contributed by atoms with van der Waals surface area (Å²) in [7, 11) is 0. The molecule has 0 bridgehead atoms. The van der Waals surface area contributed by atoms with Crippen molar-refractivity contribution in [3.63, 3.8) is 0 Å². The van der Waals surface area contributed by atoms with Gasteiger partial charge in [-0.3, -0.25) is 10.1 Å². The van der Waals surface area contributed by atoms with Gasteiger partial charge in [0.05, 0.1) is 16.4 Å². The summed E-state index contributed by atoms with van der Waals surface area (Å²) >= 11 is 17.4. The highest BCUT2D eigenvalue weighted by Crippen LogP contribution is 2.27. The molecule has 144 valence electrons. The van der Waals surface area contributed by atoms with E-state index in [2.05, 4.69) is 20.8 Å². The molecule has 9 heteroatoms. The van der Waals surface area contributed by atoms with Crippen LogP contribution in [0.25, 0.3) is 16.7 Å². The zero-order valence-electron chi connectivity index (χ0n) is 14.8. The number of amides is 1. The van der Waals surface area contributed by atoms with Crippen molar-refractivity contribution in [1.82, 2.24) is 20.3 Å². The van der Waals surface area contributed by atoms with E-state index in [1.807, 2.05) is 30.3 Å². The molecule has 0 aliphatic rings. The predicted octanol–water partition coefficient (Wildman–Crippen LogP) is 4.85. The van der Waals surface area contributed by atoms with Gasteiger partial charge >= 0.3 is 0 Å². The zero-order chi connectivity index (χ0) is 20.4. The molecule has 2 N–H and O–H groups in total. The van der Waals surface area contributed by atoms with Crippen LogP contribution in [0.3, 0.4) is 0 Å². The Morgan fingerprint density at radius 2 is 1.59 bits per heavy atom. The van der Waals surface area contributed by atoms with Gasteiger partial charge in [0.2, 0.25) is 0 Å². The standard InChI is InChI=1S/C20H13Cl2N5OS/c21-13-8-6-12(7-9-13)19(28)24-20(29)23-16-11-18-17(10-15(16)22)25-27(26-18)14-4-2-1-3-5-14/h1-11H,(H2,23,24,28,29). The number of carbonyl (C=O) groups is 1. The van der Waals surface area contributed by atoms with Gasteiger partial charge in [-0.15, -0.1) is 10.2 Å². The molecule has 0 fully saturated rings. The Bertz CT molecular complexity index is 1210. The van der Waals surface area contributed by atoms with Gasteiger partial charge in [0, 0.05) is 10.6 Å². The maximum atomic E-state index is 12.3. The number of nitrogens with one attached hydrogen (secondary N) is 2. The van der Waals surface area contributed by atoms with Crippen LogP contribution in [-0.2, 0) is 0 Å². The molecule has 0 unspecified atom stereocenters. The van der Waals surface area contributed by atoms with Gasteiger partial charge in [-0.25, -0.2) is 0 Å². The Balaban J connectivity index is 1.52. The summed E-state index contributed by atoms with van der Waals surface area (Å²) < 4.78 is 0. The highest BCUT2D eigenvalue weighted by molar-refractivity contribution is 7.80. The summed E-state index contributed by atoms with van der Waals surface area (Å²) in [4.78, 5) is 13.8. The third-order valence-electron chi connectivity index (χ3n) is 4.04. The molecule has 4 aromatic rings. The van der Waals surface area contributed by atoms with Crippen LogP contribution < -0.4 is 10.6 Å². The van der Waals surface area contributed by atoms with Gasteiger partial charge in [-0.05, 0) is 60.7 Å². The van der Waals surface area contributed by atoms with Gasteiger partial charge in [0.25, 0.3) is 5.91 Å². The van der Waals surface area contributed by atoms with E-state index in [4.69, 9.17) is 35.4 Å². The van der Waals surface area contributed by atoms with Gasteiger partial charge in [-0.2, -0.15) is 4.80 Å². The van der Waals surface area contributed by atoms with Crippen molar-refractivity contribution in [1.29, 1.82) is 0 Å². The normalized spacial score (nSPS) is 10.7. The molecule has 0 aliphatic carbocycles. The number of fused-ring (bicyclic) bond motifs is 1. The molecule has 0 aliphatic heterocycles. The van der Waals surface area contributed by atoms with Gasteiger partial charge in [0.15, 0.2) is 5.11 Å². The number of benzene rings is 3. The number of anilines is 1. The van der Waals surface area contributed by atoms with Crippen molar-refractivity contribution >= 4 is 63.2 Å². The van der Waals surface area contributed by atoms with Crippen molar-refractivity contribution in [3.8, 4) is 5.69 Å². The smallest absolute Gasteiger partial charge is 0.257 e. The highest BCUT2D eigenvalue weighted by Gasteiger charge is 2.12. The van der Waals surface area contributed by atoms with E-state index >= 15 is 0 Å². The molecule has 29 heavy (non-hydrogen) atoms. The van der Waals surface area contributed by atoms with Crippen molar-refractivity contribution in [2.75, 3.05) is 5.32 Å². The van der Waals surface area contributed by atoms with E-state index in [0.717, 1.165) is 5.69 Å². The minimum Gasteiger partial charge on any atom is -0.331 e. The first-order valence-electron chi connectivity index (χ1n) is 8.49. The number of halogens is 2. The minimum absolute atomic E-state index is 0.113. The molecule has 0 atom stereocenters. The minimum atomic E-state index is -0.355. The fraction of sp³-hybridized carbons (Fsp3) is 0. The number of nitrogens with zero attached hydrogens (tertiary/aromatic N) is 3. The van der Waals surface area contributed by atoms with E-state index in [1.165, 1.54) is 4.80 Å². The van der Waals surface area contributed by atoms with Gasteiger partial charge < -0.3 is 5.32 Å². The largest absolute Gasteiger partial charge is 0.331 e. The number of hydrogen-bond acceptors (Lipinski definition) is 4. The number of carbonyl (C=O) groups excluding carboxylic acids is 1. The maximum Gasteiger partial charge on any atom is 0.257 e. The third-order valence-corrected chi connectivity index (χ3v) is 4.81.